The number of oxazole rings is 1. The molecule has 94 valence electrons. The minimum absolute atomic E-state index is 0.248. The molecule has 5 heteroatoms. The third-order valence-electron chi connectivity index (χ3n) is 2.70. The Hall–Kier alpha value is -2.30. The summed E-state index contributed by atoms with van der Waals surface area (Å²) in [6, 6.07) is 7.18. The van der Waals surface area contributed by atoms with Crippen molar-refractivity contribution < 1.29 is 9.21 Å². The lowest BCUT2D eigenvalue weighted by Crippen LogP contribution is -2.27. The minimum Gasteiger partial charge on any atom is -0.436 e. The second-order valence-corrected chi connectivity index (χ2v) is 4.07. The molecule has 0 radical (unpaired) electrons. The van der Waals surface area contributed by atoms with Crippen molar-refractivity contribution in [3.63, 3.8) is 0 Å². The van der Waals surface area contributed by atoms with E-state index < -0.39 is 0 Å². The van der Waals surface area contributed by atoms with Crippen LogP contribution < -0.4 is 10.6 Å². The van der Waals surface area contributed by atoms with Crippen LogP contribution in [0, 0.1) is 13.8 Å². The molecular formula is C13H15N3O2. The summed E-state index contributed by atoms with van der Waals surface area (Å²) in [6.07, 6.45) is 0. The Kier molecular flexibility index (Phi) is 3.06. The summed E-state index contributed by atoms with van der Waals surface area (Å²) in [6.45, 7) is 3.45. The van der Waals surface area contributed by atoms with E-state index >= 15 is 0 Å². The molecule has 0 aliphatic carbocycles. The first-order valence-electron chi connectivity index (χ1n) is 5.57. The second-order valence-electron chi connectivity index (χ2n) is 4.07. The third kappa shape index (κ3) is 2.07. The van der Waals surface area contributed by atoms with Crippen molar-refractivity contribution in [2.45, 2.75) is 13.8 Å². The van der Waals surface area contributed by atoms with Gasteiger partial charge in [-0.15, -0.1) is 0 Å². The monoisotopic (exact) mass is 245 g/mol. The number of nitrogens with two attached hydrogens (primary N) is 1. The Morgan fingerprint density at radius 3 is 2.56 bits per heavy atom. The number of carbonyl (C=O) groups is 1. The number of nitrogens with zero attached hydrogens (tertiary/aromatic N) is 2. The van der Waals surface area contributed by atoms with Crippen LogP contribution in [0.4, 0.5) is 11.4 Å². The average Bonchev–Trinajstić information content (AvgIpc) is 2.67. The van der Waals surface area contributed by atoms with Gasteiger partial charge in [-0.2, -0.15) is 0 Å². The number of hydrogen-bond acceptors (Lipinski definition) is 4. The van der Waals surface area contributed by atoms with Crippen LogP contribution in [0.15, 0.2) is 28.7 Å². The van der Waals surface area contributed by atoms with Crippen LogP contribution in [-0.4, -0.2) is 17.9 Å². The molecule has 0 saturated carbocycles. The topological polar surface area (TPSA) is 72.4 Å². The van der Waals surface area contributed by atoms with Gasteiger partial charge in [0.15, 0.2) is 5.89 Å². The molecule has 2 aromatic rings. The maximum Gasteiger partial charge on any atom is 0.295 e. The van der Waals surface area contributed by atoms with Crippen molar-refractivity contribution in [3.8, 4) is 0 Å². The van der Waals surface area contributed by atoms with Crippen LogP contribution in [0.25, 0.3) is 0 Å². The van der Waals surface area contributed by atoms with Gasteiger partial charge in [-0.3, -0.25) is 4.79 Å². The quantitative estimate of drug-likeness (QED) is 0.823. The van der Waals surface area contributed by atoms with Gasteiger partial charge in [0.05, 0.1) is 17.1 Å². The summed E-state index contributed by atoms with van der Waals surface area (Å²) >= 11 is 0. The number of benzene rings is 1. The van der Waals surface area contributed by atoms with Gasteiger partial charge in [-0.25, -0.2) is 4.98 Å². The normalized spacial score (nSPS) is 10.4. The van der Waals surface area contributed by atoms with E-state index in [0.29, 0.717) is 23.0 Å². The number of carbonyl (C=O) groups excluding carboxylic acids is 1. The van der Waals surface area contributed by atoms with Gasteiger partial charge in [0.25, 0.3) is 5.91 Å². The molecule has 1 heterocycles. The SMILES string of the molecule is Cc1nc(C)c(C(=O)N(C)c2ccccc2N)o1. The fourth-order valence-corrected chi connectivity index (χ4v) is 1.78. The van der Waals surface area contributed by atoms with Gasteiger partial charge < -0.3 is 15.1 Å². The molecule has 0 aliphatic rings. The van der Waals surface area contributed by atoms with Crippen molar-refractivity contribution in [1.29, 1.82) is 0 Å². The number of anilines is 2. The summed E-state index contributed by atoms with van der Waals surface area (Å²) in [7, 11) is 1.66. The van der Waals surface area contributed by atoms with Crippen molar-refractivity contribution in [1.82, 2.24) is 4.98 Å². The number of aryl methyl sites for hydroxylation is 2. The summed E-state index contributed by atoms with van der Waals surface area (Å²) in [5.74, 6) is 0.467. The fourth-order valence-electron chi connectivity index (χ4n) is 1.78. The molecule has 2 N–H and O–H groups in total. The van der Waals surface area contributed by atoms with Crippen LogP contribution in [-0.2, 0) is 0 Å². The zero-order chi connectivity index (χ0) is 13.3. The summed E-state index contributed by atoms with van der Waals surface area (Å²) in [5, 5.41) is 0. The Bertz CT molecular complexity index is 590. The van der Waals surface area contributed by atoms with Crippen LogP contribution in [0.3, 0.4) is 0 Å². The predicted octanol–water partition coefficient (Wildman–Crippen LogP) is 2.15. The molecule has 2 rings (SSSR count). The van der Waals surface area contributed by atoms with Gasteiger partial charge in [-0.1, -0.05) is 12.1 Å². The smallest absolute Gasteiger partial charge is 0.295 e. The minimum atomic E-state index is -0.258. The fraction of sp³-hybridized carbons (Fsp3) is 0.231. The van der Waals surface area contributed by atoms with Crippen molar-refractivity contribution in [2.24, 2.45) is 0 Å². The molecule has 18 heavy (non-hydrogen) atoms. The van der Waals surface area contributed by atoms with Crippen LogP contribution >= 0.6 is 0 Å². The summed E-state index contributed by atoms with van der Waals surface area (Å²) in [5.41, 5.74) is 7.62. The van der Waals surface area contributed by atoms with Gasteiger partial charge >= 0.3 is 0 Å². The maximum atomic E-state index is 12.3. The molecule has 0 bridgehead atoms. The predicted molar refractivity (Wildman–Crippen MR) is 69.6 cm³/mol. The highest BCUT2D eigenvalue weighted by Crippen LogP contribution is 2.23. The molecule has 1 aromatic carbocycles. The Balaban J connectivity index is 2.35. The highest BCUT2D eigenvalue weighted by Gasteiger charge is 2.21. The highest BCUT2D eigenvalue weighted by atomic mass is 16.4. The lowest BCUT2D eigenvalue weighted by molar-refractivity contribution is 0.0964. The first-order valence-corrected chi connectivity index (χ1v) is 5.57. The van der Waals surface area contributed by atoms with Gasteiger partial charge in [-0.05, 0) is 19.1 Å². The number of para-hydroxylation sites is 2. The Morgan fingerprint density at radius 1 is 1.33 bits per heavy atom. The van der Waals surface area contributed by atoms with Crippen molar-refractivity contribution in [2.75, 3.05) is 17.7 Å². The lowest BCUT2D eigenvalue weighted by atomic mass is 10.2. The van der Waals surface area contributed by atoms with E-state index in [1.54, 1.807) is 33.0 Å². The first-order chi connectivity index (χ1) is 8.50. The number of amides is 1. The number of rotatable bonds is 2. The number of nitrogen functional groups attached to an aromatic ring is 1. The maximum absolute atomic E-state index is 12.3. The van der Waals surface area contributed by atoms with E-state index in [1.165, 1.54) is 4.90 Å². The molecule has 1 aromatic heterocycles. The van der Waals surface area contributed by atoms with E-state index in [9.17, 15) is 4.79 Å². The summed E-state index contributed by atoms with van der Waals surface area (Å²) in [4.78, 5) is 17.8. The largest absolute Gasteiger partial charge is 0.436 e. The van der Waals surface area contributed by atoms with Crippen LogP contribution in [0.5, 0.6) is 0 Å². The van der Waals surface area contributed by atoms with Gasteiger partial charge in [0.2, 0.25) is 5.76 Å². The average molecular weight is 245 g/mol. The molecule has 0 aliphatic heterocycles. The molecule has 5 nitrogen and oxygen atoms in total. The molecular weight excluding hydrogens is 230 g/mol. The molecule has 0 atom stereocenters. The van der Waals surface area contributed by atoms with E-state index in [1.807, 2.05) is 12.1 Å². The lowest BCUT2D eigenvalue weighted by Gasteiger charge is -2.17. The number of aromatic nitrogens is 1. The molecule has 1 amide bonds. The molecule has 0 unspecified atom stereocenters. The van der Waals surface area contributed by atoms with Gasteiger partial charge in [0, 0.05) is 14.0 Å². The standard InChI is InChI=1S/C13H15N3O2/c1-8-12(18-9(2)15-8)13(17)16(3)11-7-5-4-6-10(11)14/h4-7H,14H2,1-3H3. The van der Waals surface area contributed by atoms with Gasteiger partial charge in [0.1, 0.15) is 0 Å². The molecule has 0 spiro atoms. The highest BCUT2D eigenvalue weighted by molar-refractivity contribution is 6.06. The van der Waals surface area contributed by atoms with E-state index in [0.717, 1.165) is 0 Å². The zero-order valence-electron chi connectivity index (χ0n) is 10.6. The van der Waals surface area contributed by atoms with Crippen LogP contribution in [0.1, 0.15) is 22.1 Å². The van der Waals surface area contributed by atoms with Crippen LogP contribution in [0.2, 0.25) is 0 Å². The van der Waals surface area contributed by atoms with E-state index in [4.69, 9.17) is 10.2 Å². The second kappa shape index (κ2) is 4.52. The Morgan fingerprint density at radius 2 is 2.00 bits per heavy atom. The van der Waals surface area contributed by atoms with Crippen molar-refractivity contribution >= 4 is 17.3 Å². The Labute approximate surface area is 105 Å². The molecule has 0 fully saturated rings. The number of hydrogen-bond donors (Lipinski definition) is 1. The van der Waals surface area contributed by atoms with E-state index in [-0.39, 0.29) is 11.7 Å². The third-order valence-corrected chi connectivity index (χ3v) is 2.70. The van der Waals surface area contributed by atoms with Crippen molar-refractivity contribution in [3.05, 3.63) is 41.6 Å². The first kappa shape index (κ1) is 12.2. The zero-order valence-corrected chi connectivity index (χ0v) is 10.6. The summed E-state index contributed by atoms with van der Waals surface area (Å²) < 4.78 is 5.32. The van der Waals surface area contributed by atoms with E-state index in [2.05, 4.69) is 4.98 Å². The molecule has 0 saturated heterocycles.